The van der Waals surface area contributed by atoms with Crippen molar-refractivity contribution >= 4 is 16.8 Å². The Morgan fingerprint density at radius 2 is 1.79 bits per heavy atom. The summed E-state index contributed by atoms with van der Waals surface area (Å²) in [5.41, 5.74) is -0.549. The molecular weight excluding hydrogens is 380 g/mol. The van der Waals surface area contributed by atoms with Gasteiger partial charge in [0.05, 0.1) is 5.56 Å². The van der Waals surface area contributed by atoms with Gasteiger partial charge in [0.1, 0.15) is 0 Å². The van der Waals surface area contributed by atoms with Crippen molar-refractivity contribution in [3.8, 4) is 23.0 Å². The molecule has 0 aliphatic carbocycles. The molecule has 4 aromatic rings. The van der Waals surface area contributed by atoms with Crippen LogP contribution in [-0.2, 0) is 6.18 Å². The highest BCUT2D eigenvalue weighted by Gasteiger charge is 2.34. The Labute approximate surface area is 154 Å². The van der Waals surface area contributed by atoms with Gasteiger partial charge in [-0.15, -0.1) is 0 Å². The number of aromatic nitrogens is 2. The van der Waals surface area contributed by atoms with Crippen LogP contribution in [0, 0.1) is 5.82 Å². The number of hydrogen-bond acceptors (Lipinski definition) is 5. The van der Waals surface area contributed by atoms with E-state index in [0.717, 1.165) is 6.07 Å². The van der Waals surface area contributed by atoms with Gasteiger partial charge < -0.3 is 8.94 Å². The molecule has 0 radical (unpaired) electrons. The highest BCUT2D eigenvalue weighted by molar-refractivity contribution is 5.94. The van der Waals surface area contributed by atoms with Gasteiger partial charge >= 0.3 is 6.18 Å². The third-order valence-corrected chi connectivity index (χ3v) is 4.13. The number of fused-ring (bicyclic) bond motifs is 1. The normalized spacial score (nSPS) is 11.9. The average Bonchev–Trinajstić information content (AvgIpc) is 3.28. The van der Waals surface area contributed by atoms with E-state index >= 15 is 0 Å². The topological polar surface area (TPSA) is 69.1 Å². The van der Waals surface area contributed by atoms with Crippen molar-refractivity contribution in [1.82, 2.24) is 10.1 Å². The van der Waals surface area contributed by atoms with Crippen LogP contribution in [0.2, 0.25) is 0 Å². The van der Waals surface area contributed by atoms with Crippen LogP contribution in [0.1, 0.15) is 22.8 Å². The molecule has 0 fully saturated rings. The molecule has 0 atom stereocenters. The fraction of sp³-hybridized carbons (Fsp3) is 0.105. The van der Waals surface area contributed by atoms with E-state index in [9.17, 15) is 22.4 Å². The Balaban J connectivity index is 1.75. The zero-order chi connectivity index (χ0) is 20.1. The van der Waals surface area contributed by atoms with Gasteiger partial charge in [-0.1, -0.05) is 29.4 Å². The molecule has 142 valence electrons. The van der Waals surface area contributed by atoms with Crippen LogP contribution in [0.5, 0.6) is 0 Å². The second kappa shape index (κ2) is 6.29. The lowest BCUT2D eigenvalue weighted by molar-refractivity contribution is -0.136. The first-order valence-corrected chi connectivity index (χ1v) is 7.99. The first kappa shape index (κ1) is 17.9. The number of Topliss-reactive ketones (excluding diaryl/α,β-unsaturated/α-hetero) is 1. The molecule has 0 amide bonds. The Morgan fingerprint density at radius 3 is 2.43 bits per heavy atom. The van der Waals surface area contributed by atoms with Crippen molar-refractivity contribution in [2.75, 3.05) is 0 Å². The summed E-state index contributed by atoms with van der Waals surface area (Å²) in [4.78, 5) is 15.4. The summed E-state index contributed by atoms with van der Waals surface area (Å²) in [5.74, 6) is -1.29. The summed E-state index contributed by atoms with van der Waals surface area (Å²) in [6.07, 6.45) is -4.68. The molecule has 0 spiro atoms. The summed E-state index contributed by atoms with van der Waals surface area (Å²) < 4.78 is 63.6. The number of ketones is 1. The minimum atomic E-state index is -4.68. The van der Waals surface area contributed by atoms with Gasteiger partial charge in [-0.3, -0.25) is 4.79 Å². The molecule has 28 heavy (non-hydrogen) atoms. The quantitative estimate of drug-likeness (QED) is 0.341. The van der Waals surface area contributed by atoms with Gasteiger partial charge in [-0.25, -0.2) is 4.39 Å². The van der Waals surface area contributed by atoms with Crippen molar-refractivity contribution in [3.63, 3.8) is 0 Å². The second-order valence-electron chi connectivity index (χ2n) is 6.00. The van der Waals surface area contributed by atoms with E-state index in [4.69, 9.17) is 8.94 Å². The SMILES string of the molecule is CC(=O)c1ccc(-c2noc(-c3cc4c(C(F)(F)F)ccc(F)c4o3)n2)cc1. The largest absolute Gasteiger partial charge is 0.448 e. The molecule has 9 heteroatoms. The fourth-order valence-corrected chi connectivity index (χ4v) is 2.74. The summed E-state index contributed by atoms with van der Waals surface area (Å²) in [6.45, 7) is 1.43. The smallest absolute Gasteiger partial charge is 0.417 e. The van der Waals surface area contributed by atoms with Crippen molar-refractivity contribution in [1.29, 1.82) is 0 Å². The minimum absolute atomic E-state index is 0.106. The van der Waals surface area contributed by atoms with Crippen molar-refractivity contribution in [3.05, 3.63) is 59.4 Å². The first-order valence-electron chi connectivity index (χ1n) is 7.99. The van der Waals surface area contributed by atoms with Gasteiger partial charge in [-0.05, 0) is 25.1 Å². The summed E-state index contributed by atoms with van der Waals surface area (Å²) in [5, 5.41) is 3.32. The van der Waals surface area contributed by atoms with Crippen LogP contribution in [-0.4, -0.2) is 15.9 Å². The number of alkyl halides is 3. The highest BCUT2D eigenvalue weighted by Crippen LogP contribution is 2.39. The molecule has 0 saturated carbocycles. The third-order valence-electron chi connectivity index (χ3n) is 4.13. The molecular formula is C19H10F4N2O3. The van der Waals surface area contributed by atoms with Gasteiger partial charge in [0.15, 0.2) is 22.9 Å². The van der Waals surface area contributed by atoms with E-state index in [0.29, 0.717) is 23.3 Å². The number of halogens is 4. The lowest BCUT2D eigenvalue weighted by atomic mass is 10.1. The summed E-state index contributed by atoms with van der Waals surface area (Å²) >= 11 is 0. The highest BCUT2D eigenvalue weighted by atomic mass is 19.4. The Hall–Kier alpha value is -3.49. The van der Waals surface area contributed by atoms with Crippen LogP contribution in [0.15, 0.2) is 51.4 Å². The molecule has 4 rings (SSSR count). The molecule has 0 N–H and O–H groups in total. The van der Waals surface area contributed by atoms with Crippen molar-refractivity contribution in [2.45, 2.75) is 13.1 Å². The maximum Gasteiger partial charge on any atom is 0.417 e. The Bertz CT molecular complexity index is 1190. The average molecular weight is 390 g/mol. The van der Waals surface area contributed by atoms with E-state index in [2.05, 4.69) is 10.1 Å². The van der Waals surface area contributed by atoms with Gasteiger partial charge in [0.25, 0.3) is 5.89 Å². The third kappa shape index (κ3) is 3.04. The monoisotopic (exact) mass is 390 g/mol. The number of benzene rings is 2. The molecule has 2 aromatic carbocycles. The van der Waals surface area contributed by atoms with Crippen molar-refractivity contribution in [2.24, 2.45) is 0 Å². The van der Waals surface area contributed by atoms with E-state index in [1.807, 2.05) is 0 Å². The predicted octanol–water partition coefficient (Wildman–Crippen LogP) is 5.51. The fourth-order valence-electron chi connectivity index (χ4n) is 2.74. The van der Waals surface area contributed by atoms with Crippen LogP contribution >= 0.6 is 0 Å². The second-order valence-corrected chi connectivity index (χ2v) is 6.00. The molecule has 5 nitrogen and oxygen atoms in total. The molecule has 2 heterocycles. The standard InChI is InChI=1S/C19H10F4N2O3/c1-9(26)10-2-4-11(5-3-10)17-24-18(28-25-17)15-8-12-13(19(21,22)23)6-7-14(20)16(12)27-15/h2-8H,1H3. The predicted molar refractivity (Wildman–Crippen MR) is 89.9 cm³/mol. The lowest BCUT2D eigenvalue weighted by Gasteiger charge is -2.06. The first-order chi connectivity index (χ1) is 13.2. The number of nitrogens with zero attached hydrogens (tertiary/aromatic N) is 2. The molecule has 0 aliphatic rings. The van der Waals surface area contributed by atoms with Crippen molar-refractivity contribution < 1.29 is 31.3 Å². The van der Waals surface area contributed by atoms with E-state index in [-0.39, 0.29) is 23.3 Å². The maximum atomic E-state index is 13.9. The number of rotatable bonds is 3. The van der Waals surface area contributed by atoms with E-state index < -0.39 is 28.5 Å². The van der Waals surface area contributed by atoms with Crippen LogP contribution in [0.25, 0.3) is 34.0 Å². The molecule has 0 aliphatic heterocycles. The Morgan fingerprint density at radius 1 is 1.07 bits per heavy atom. The molecule has 0 unspecified atom stereocenters. The lowest BCUT2D eigenvalue weighted by Crippen LogP contribution is -2.05. The Kier molecular flexibility index (Phi) is 4.02. The number of furan rings is 1. The van der Waals surface area contributed by atoms with E-state index in [1.54, 1.807) is 24.3 Å². The van der Waals surface area contributed by atoms with Crippen LogP contribution in [0.3, 0.4) is 0 Å². The summed E-state index contributed by atoms with van der Waals surface area (Å²) in [6, 6.07) is 8.72. The van der Waals surface area contributed by atoms with Gasteiger partial charge in [-0.2, -0.15) is 18.2 Å². The minimum Gasteiger partial charge on any atom is -0.448 e. The van der Waals surface area contributed by atoms with Gasteiger partial charge in [0.2, 0.25) is 5.82 Å². The maximum absolute atomic E-state index is 13.9. The molecule has 2 aromatic heterocycles. The number of hydrogen-bond donors (Lipinski definition) is 0. The number of carbonyl (C=O) groups is 1. The number of carbonyl (C=O) groups excluding carboxylic acids is 1. The molecule has 0 bridgehead atoms. The summed E-state index contributed by atoms with van der Waals surface area (Å²) in [7, 11) is 0. The van der Waals surface area contributed by atoms with Crippen LogP contribution < -0.4 is 0 Å². The zero-order valence-corrected chi connectivity index (χ0v) is 14.2. The van der Waals surface area contributed by atoms with Crippen LogP contribution in [0.4, 0.5) is 17.6 Å². The van der Waals surface area contributed by atoms with E-state index in [1.165, 1.54) is 6.92 Å². The van der Waals surface area contributed by atoms with Gasteiger partial charge in [0, 0.05) is 16.5 Å². The molecule has 0 saturated heterocycles. The zero-order valence-electron chi connectivity index (χ0n) is 14.2.